The van der Waals surface area contributed by atoms with E-state index in [0.717, 1.165) is 18.2 Å². The van der Waals surface area contributed by atoms with Crippen molar-refractivity contribution in [3.8, 4) is 5.75 Å². The van der Waals surface area contributed by atoms with Gasteiger partial charge in [0.1, 0.15) is 16.1 Å². The van der Waals surface area contributed by atoms with Crippen molar-refractivity contribution in [2.24, 2.45) is 11.7 Å². The van der Waals surface area contributed by atoms with E-state index in [2.05, 4.69) is 10.1 Å². The number of aliphatic hydroxyl groups is 1. The molecule has 2 rings (SSSR count). The Balaban J connectivity index is 2.56. The minimum absolute atomic E-state index is 0.0728. The largest absolute Gasteiger partial charge is 0.573 e. The van der Waals surface area contributed by atoms with E-state index in [9.17, 15) is 36.3 Å². The second kappa shape index (κ2) is 8.62. The molecule has 2 amide bonds. The number of rotatable bonds is 7. The van der Waals surface area contributed by atoms with Crippen molar-refractivity contribution in [1.29, 1.82) is 0 Å². The van der Waals surface area contributed by atoms with E-state index < -0.39 is 56.4 Å². The van der Waals surface area contributed by atoms with Crippen LogP contribution in [0.4, 0.5) is 18.9 Å². The van der Waals surface area contributed by atoms with Crippen LogP contribution < -0.4 is 15.8 Å². The van der Waals surface area contributed by atoms with Crippen LogP contribution in [0.1, 0.15) is 24.2 Å². The third kappa shape index (κ3) is 5.49. The van der Waals surface area contributed by atoms with E-state index in [0.29, 0.717) is 17.4 Å². The number of hydrogen-bond donors (Lipinski definition) is 3. The van der Waals surface area contributed by atoms with Crippen LogP contribution in [0.3, 0.4) is 0 Å². The molecule has 8 nitrogen and oxygen atoms in total. The summed E-state index contributed by atoms with van der Waals surface area (Å²) in [5.74, 6) is -3.21. The Bertz CT molecular complexity index is 1060. The van der Waals surface area contributed by atoms with Crippen molar-refractivity contribution in [3.63, 3.8) is 0 Å². The van der Waals surface area contributed by atoms with Crippen molar-refractivity contribution in [3.05, 3.63) is 35.2 Å². The number of thiophene rings is 1. The van der Waals surface area contributed by atoms with Crippen LogP contribution in [-0.4, -0.2) is 37.8 Å². The van der Waals surface area contributed by atoms with Gasteiger partial charge in [0, 0.05) is 11.4 Å². The molecule has 164 valence electrons. The number of anilines is 1. The molecule has 1 heterocycles. The van der Waals surface area contributed by atoms with Crippen molar-refractivity contribution >= 4 is 38.7 Å². The minimum atomic E-state index is -5.05. The van der Waals surface area contributed by atoms with Crippen molar-refractivity contribution in [1.82, 2.24) is 0 Å². The van der Waals surface area contributed by atoms with Gasteiger partial charge in [0.2, 0.25) is 15.7 Å². The molecule has 0 radical (unpaired) electrons. The summed E-state index contributed by atoms with van der Waals surface area (Å²) in [6.07, 6.45) is -6.60. The first kappa shape index (κ1) is 23.6. The quantitative estimate of drug-likeness (QED) is 0.574. The van der Waals surface area contributed by atoms with Gasteiger partial charge in [0.05, 0.1) is 16.1 Å². The number of halogens is 3. The molecule has 0 saturated heterocycles. The average molecular weight is 466 g/mol. The SMILES string of the molecule is CC(C)C(O)C(=O)Nc1cc(OC(F)(F)F)ccc1S(=O)(=O)c1cc(C(N)=O)cs1. The number of benzene rings is 1. The van der Waals surface area contributed by atoms with E-state index in [1.54, 1.807) is 0 Å². The zero-order valence-corrected chi connectivity index (χ0v) is 17.2. The summed E-state index contributed by atoms with van der Waals surface area (Å²) in [6, 6.07) is 3.26. The molecule has 13 heteroatoms. The molecule has 0 fully saturated rings. The molecule has 2 aromatic rings. The molecule has 0 aliphatic carbocycles. The van der Waals surface area contributed by atoms with Crippen LogP contribution in [-0.2, 0) is 14.6 Å². The summed E-state index contributed by atoms with van der Waals surface area (Å²) in [7, 11) is -4.36. The molecule has 1 atom stereocenters. The average Bonchev–Trinajstić information content (AvgIpc) is 3.10. The number of carbonyl (C=O) groups excluding carboxylic acids is 2. The highest BCUT2D eigenvalue weighted by Gasteiger charge is 2.33. The van der Waals surface area contributed by atoms with Gasteiger partial charge in [-0.3, -0.25) is 9.59 Å². The molecular formula is C17H17F3N2O6S2. The topological polar surface area (TPSA) is 136 Å². The van der Waals surface area contributed by atoms with E-state index >= 15 is 0 Å². The normalized spacial score (nSPS) is 13.2. The first-order valence-electron chi connectivity index (χ1n) is 8.24. The minimum Gasteiger partial charge on any atom is -0.406 e. The number of alkyl halides is 3. The van der Waals surface area contributed by atoms with Crippen molar-refractivity contribution < 1.29 is 41.0 Å². The van der Waals surface area contributed by atoms with Crippen LogP contribution >= 0.6 is 11.3 Å². The Morgan fingerprint density at radius 3 is 2.37 bits per heavy atom. The van der Waals surface area contributed by atoms with Crippen LogP contribution in [0.15, 0.2) is 38.8 Å². The van der Waals surface area contributed by atoms with Gasteiger partial charge in [-0.2, -0.15) is 0 Å². The Kier molecular flexibility index (Phi) is 6.79. The van der Waals surface area contributed by atoms with Gasteiger partial charge in [0.15, 0.2) is 0 Å². The third-order valence-corrected chi connectivity index (χ3v) is 7.01. The lowest BCUT2D eigenvalue weighted by Gasteiger charge is -2.17. The Morgan fingerprint density at radius 1 is 1.23 bits per heavy atom. The van der Waals surface area contributed by atoms with Gasteiger partial charge in [-0.15, -0.1) is 24.5 Å². The number of carbonyl (C=O) groups is 2. The summed E-state index contributed by atoms with van der Waals surface area (Å²) in [4.78, 5) is 22.9. The van der Waals surface area contributed by atoms with E-state index in [1.807, 2.05) is 0 Å². The molecular weight excluding hydrogens is 449 g/mol. The molecule has 0 aliphatic rings. The fourth-order valence-corrected chi connectivity index (χ4v) is 4.93. The maximum absolute atomic E-state index is 13.0. The molecule has 0 bridgehead atoms. The number of sulfone groups is 1. The van der Waals surface area contributed by atoms with Crippen molar-refractivity contribution in [2.75, 3.05) is 5.32 Å². The van der Waals surface area contributed by atoms with Gasteiger partial charge >= 0.3 is 6.36 Å². The van der Waals surface area contributed by atoms with Crippen LogP contribution in [0.25, 0.3) is 0 Å². The maximum atomic E-state index is 13.0. The summed E-state index contributed by atoms with van der Waals surface area (Å²) >= 11 is 0.671. The summed E-state index contributed by atoms with van der Waals surface area (Å²) in [5, 5.41) is 13.2. The second-order valence-electron chi connectivity index (χ2n) is 6.41. The van der Waals surface area contributed by atoms with Crippen LogP contribution in [0, 0.1) is 5.92 Å². The monoisotopic (exact) mass is 466 g/mol. The van der Waals surface area contributed by atoms with Crippen molar-refractivity contribution in [2.45, 2.75) is 35.4 Å². The second-order valence-corrected chi connectivity index (χ2v) is 9.46. The number of nitrogens with two attached hydrogens (primary N) is 1. The highest BCUT2D eigenvalue weighted by molar-refractivity contribution is 7.93. The lowest BCUT2D eigenvalue weighted by atomic mass is 10.1. The Hall–Kier alpha value is -2.64. The Morgan fingerprint density at radius 2 is 1.87 bits per heavy atom. The number of ether oxygens (including phenoxy) is 1. The molecule has 0 aliphatic heterocycles. The molecule has 1 aromatic heterocycles. The first-order valence-corrected chi connectivity index (χ1v) is 10.6. The van der Waals surface area contributed by atoms with Gasteiger partial charge in [-0.25, -0.2) is 8.42 Å². The number of amides is 2. The van der Waals surface area contributed by atoms with Crippen LogP contribution in [0.2, 0.25) is 0 Å². The van der Waals surface area contributed by atoms with E-state index in [4.69, 9.17) is 5.73 Å². The zero-order valence-electron chi connectivity index (χ0n) is 15.6. The highest BCUT2D eigenvalue weighted by Crippen LogP contribution is 2.35. The van der Waals surface area contributed by atoms with E-state index in [1.165, 1.54) is 19.2 Å². The lowest BCUT2D eigenvalue weighted by Crippen LogP contribution is -2.32. The highest BCUT2D eigenvalue weighted by atomic mass is 32.2. The predicted molar refractivity (Wildman–Crippen MR) is 101 cm³/mol. The smallest absolute Gasteiger partial charge is 0.406 e. The number of hydrogen-bond acceptors (Lipinski definition) is 7. The van der Waals surface area contributed by atoms with Crippen LogP contribution in [0.5, 0.6) is 5.75 Å². The van der Waals surface area contributed by atoms with Gasteiger partial charge in [-0.1, -0.05) is 13.8 Å². The number of primary amides is 1. The molecule has 30 heavy (non-hydrogen) atoms. The summed E-state index contributed by atoms with van der Waals surface area (Å²) in [6.45, 7) is 3.03. The first-order chi connectivity index (χ1) is 13.7. The molecule has 0 saturated carbocycles. The molecule has 1 unspecified atom stereocenters. The zero-order chi connectivity index (χ0) is 22.9. The fraction of sp³-hybridized carbons (Fsp3) is 0.294. The Labute approximate surface area is 173 Å². The molecule has 1 aromatic carbocycles. The lowest BCUT2D eigenvalue weighted by molar-refractivity contribution is -0.274. The van der Waals surface area contributed by atoms with Gasteiger partial charge in [0.25, 0.3) is 5.91 Å². The summed E-state index contributed by atoms with van der Waals surface area (Å²) in [5.41, 5.74) is 4.51. The van der Waals surface area contributed by atoms with Gasteiger partial charge in [-0.05, 0) is 24.1 Å². The summed E-state index contributed by atoms with van der Waals surface area (Å²) < 4.78 is 67.0. The molecule has 4 N–H and O–H groups in total. The molecule has 0 spiro atoms. The number of nitrogens with one attached hydrogen (secondary N) is 1. The maximum Gasteiger partial charge on any atom is 0.573 e. The number of aliphatic hydroxyl groups excluding tert-OH is 1. The predicted octanol–water partition coefficient (Wildman–Crippen LogP) is 2.53. The fourth-order valence-electron chi connectivity index (χ4n) is 2.24. The van der Waals surface area contributed by atoms with E-state index in [-0.39, 0.29) is 9.77 Å². The standard InChI is InChI=1S/C17H17F3N2O6S2/c1-8(2)14(23)16(25)22-11-6-10(28-17(18,19)20)3-4-12(11)30(26,27)13-5-9(7-29-13)15(21)24/h3-8,14,23H,1-2H3,(H2,21,24)(H,22,25). The van der Waals surface area contributed by atoms with Gasteiger partial charge < -0.3 is 20.9 Å². The third-order valence-electron chi connectivity index (χ3n) is 3.76.